The number of benzene rings is 2. The third-order valence-electron chi connectivity index (χ3n) is 6.61. The van der Waals surface area contributed by atoms with Crippen molar-refractivity contribution in [2.24, 2.45) is 0 Å². The van der Waals surface area contributed by atoms with E-state index in [1.807, 2.05) is 24.3 Å². The van der Waals surface area contributed by atoms with Crippen molar-refractivity contribution < 1.29 is 19.4 Å². The molecule has 0 spiro atoms. The summed E-state index contributed by atoms with van der Waals surface area (Å²) in [6.45, 7) is 13.3. The third-order valence-corrected chi connectivity index (χ3v) is 7.23. The second kappa shape index (κ2) is 11.0. The number of aliphatic hydroxyl groups excluding tert-OH is 1. The molecule has 1 amide bonds. The molecule has 1 atom stereocenters. The molecule has 1 unspecified atom stereocenters. The number of ketones is 1. The molecule has 2 aromatic rings. The van der Waals surface area contributed by atoms with Crippen LogP contribution in [0.1, 0.15) is 57.4 Å². The molecule has 0 bridgehead atoms. The summed E-state index contributed by atoms with van der Waals surface area (Å²) < 4.78 is 5.93. The zero-order valence-electron chi connectivity index (χ0n) is 21.4. The quantitative estimate of drug-likeness (QED) is 0.270. The first kappa shape index (κ1) is 27.0. The van der Waals surface area contributed by atoms with Gasteiger partial charge in [0, 0.05) is 18.7 Å². The molecule has 0 aliphatic carbocycles. The molecular formula is C28H35BrN2O4. The maximum Gasteiger partial charge on any atom is 0.295 e. The summed E-state index contributed by atoms with van der Waals surface area (Å²) >= 11 is 3.44. The topological polar surface area (TPSA) is 70.1 Å². The van der Waals surface area contributed by atoms with Gasteiger partial charge < -0.3 is 19.6 Å². The first-order valence-corrected chi connectivity index (χ1v) is 12.8. The fourth-order valence-electron chi connectivity index (χ4n) is 4.38. The molecule has 6 nitrogen and oxygen atoms in total. The maximum atomic E-state index is 13.3. The molecule has 0 radical (unpaired) electrons. The molecule has 7 heteroatoms. The van der Waals surface area contributed by atoms with E-state index in [1.54, 1.807) is 30.2 Å². The molecule has 188 valence electrons. The number of halogens is 1. The molecule has 1 aliphatic heterocycles. The summed E-state index contributed by atoms with van der Waals surface area (Å²) in [6, 6.07) is 12.4. The number of Topliss-reactive ketones (excluding diaryl/α,β-unsaturated/α-hetero) is 1. The largest absolute Gasteiger partial charge is 0.507 e. The number of hydrogen-bond acceptors (Lipinski definition) is 5. The third kappa shape index (κ3) is 5.62. The van der Waals surface area contributed by atoms with E-state index in [1.165, 1.54) is 0 Å². The van der Waals surface area contributed by atoms with Gasteiger partial charge in [-0.3, -0.25) is 9.59 Å². The number of likely N-dealkylation sites (tertiary alicyclic amines) is 1. The van der Waals surface area contributed by atoms with Crippen LogP contribution in [0.4, 0.5) is 0 Å². The van der Waals surface area contributed by atoms with E-state index in [4.69, 9.17) is 4.74 Å². The fourth-order valence-corrected chi connectivity index (χ4v) is 4.92. The Kier molecular flexibility index (Phi) is 8.44. The Labute approximate surface area is 216 Å². The van der Waals surface area contributed by atoms with Crippen molar-refractivity contribution in [3.05, 3.63) is 69.2 Å². The Hall–Kier alpha value is -2.64. The van der Waals surface area contributed by atoms with Gasteiger partial charge in [0.1, 0.15) is 11.5 Å². The van der Waals surface area contributed by atoms with Crippen LogP contribution in [0.5, 0.6) is 5.75 Å². The number of hydrogen-bond donors (Lipinski definition) is 1. The van der Waals surface area contributed by atoms with E-state index in [0.29, 0.717) is 28.9 Å². The number of likely N-dealkylation sites (N-methyl/N-ethyl adjacent to an activating group) is 1. The van der Waals surface area contributed by atoms with Gasteiger partial charge in [0.15, 0.2) is 0 Å². The summed E-state index contributed by atoms with van der Waals surface area (Å²) in [6.07, 6.45) is 0. The second-order valence-electron chi connectivity index (χ2n) is 9.74. The highest BCUT2D eigenvalue weighted by atomic mass is 79.9. The molecule has 1 aliphatic rings. The molecule has 1 heterocycles. The minimum atomic E-state index is -0.668. The predicted octanol–water partition coefficient (Wildman–Crippen LogP) is 5.52. The van der Waals surface area contributed by atoms with E-state index in [0.717, 1.165) is 24.2 Å². The van der Waals surface area contributed by atoms with Crippen molar-refractivity contribution in [2.45, 2.75) is 46.1 Å². The number of nitrogens with zero attached hydrogens (tertiary/aromatic N) is 2. The van der Waals surface area contributed by atoms with Crippen molar-refractivity contribution >= 4 is 33.4 Å². The molecule has 2 aromatic carbocycles. The SMILES string of the molecule is CCN(CC)CCN1C(=O)C(=O)/C(=C(\O)c2ccc(OC)c(Br)c2)C1c1ccc(C(C)(C)C)cc1. The summed E-state index contributed by atoms with van der Waals surface area (Å²) in [4.78, 5) is 30.3. The van der Waals surface area contributed by atoms with Gasteiger partial charge in [-0.25, -0.2) is 0 Å². The van der Waals surface area contributed by atoms with Crippen molar-refractivity contribution in [2.75, 3.05) is 33.3 Å². The Morgan fingerprint density at radius 3 is 2.23 bits per heavy atom. The van der Waals surface area contributed by atoms with Gasteiger partial charge in [0.25, 0.3) is 11.7 Å². The molecular weight excluding hydrogens is 508 g/mol. The predicted molar refractivity (Wildman–Crippen MR) is 143 cm³/mol. The zero-order chi connectivity index (χ0) is 25.9. The number of ether oxygens (including phenoxy) is 1. The van der Waals surface area contributed by atoms with Gasteiger partial charge in [0.2, 0.25) is 0 Å². The molecule has 0 aromatic heterocycles. The highest BCUT2D eigenvalue weighted by Crippen LogP contribution is 2.40. The summed E-state index contributed by atoms with van der Waals surface area (Å²) in [5.41, 5.74) is 2.47. The van der Waals surface area contributed by atoms with Crippen LogP contribution in [0, 0.1) is 0 Å². The van der Waals surface area contributed by atoms with Crippen LogP contribution in [-0.2, 0) is 15.0 Å². The first-order valence-electron chi connectivity index (χ1n) is 12.0. The Balaban J connectivity index is 2.13. The second-order valence-corrected chi connectivity index (χ2v) is 10.6. The number of rotatable bonds is 8. The Morgan fingerprint density at radius 1 is 1.09 bits per heavy atom. The van der Waals surface area contributed by atoms with E-state index < -0.39 is 17.7 Å². The van der Waals surface area contributed by atoms with Gasteiger partial charge >= 0.3 is 0 Å². The average Bonchev–Trinajstić information content (AvgIpc) is 3.08. The van der Waals surface area contributed by atoms with Crippen LogP contribution in [0.3, 0.4) is 0 Å². The average molecular weight is 544 g/mol. The van der Waals surface area contributed by atoms with Gasteiger partial charge in [-0.1, -0.05) is 58.9 Å². The van der Waals surface area contributed by atoms with E-state index in [2.05, 4.69) is 55.4 Å². The van der Waals surface area contributed by atoms with Crippen LogP contribution >= 0.6 is 15.9 Å². The lowest BCUT2D eigenvalue weighted by atomic mass is 9.85. The van der Waals surface area contributed by atoms with Gasteiger partial charge in [0.05, 0.1) is 23.2 Å². The molecule has 1 saturated heterocycles. The number of methoxy groups -OCH3 is 1. The highest BCUT2D eigenvalue weighted by molar-refractivity contribution is 9.10. The molecule has 1 fully saturated rings. The summed E-state index contributed by atoms with van der Waals surface area (Å²) in [5.74, 6) is -0.840. The summed E-state index contributed by atoms with van der Waals surface area (Å²) in [5, 5.41) is 11.3. The lowest BCUT2D eigenvalue weighted by Crippen LogP contribution is -2.38. The highest BCUT2D eigenvalue weighted by Gasteiger charge is 2.46. The maximum absolute atomic E-state index is 13.3. The monoisotopic (exact) mass is 542 g/mol. The lowest BCUT2D eigenvalue weighted by molar-refractivity contribution is -0.140. The van der Waals surface area contributed by atoms with Crippen LogP contribution in [0.15, 0.2) is 52.5 Å². The number of amides is 1. The Morgan fingerprint density at radius 2 is 1.71 bits per heavy atom. The van der Waals surface area contributed by atoms with Crippen LogP contribution in [-0.4, -0.2) is 59.9 Å². The van der Waals surface area contributed by atoms with Crippen molar-refractivity contribution in [1.29, 1.82) is 0 Å². The minimum Gasteiger partial charge on any atom is -0.507 e. The lowest BCUT2D eigenvalue weighted by Gasteiger charge is -2.28. The van der Waals surface area contributed by atoms with Gasteiger partial charge in [-0.05, 0) is 63.8 Å². The fraction of sp³-hybridized carbons (Fsp3) is 0.429. The van der Waals surface area contributed by atoms with Crippen LogP contribution in [0.25, 0.3) is 5.76 Å². The minimum absolute atomic E-state index is 0.0293. The van der Waals surface area contributed by atoms with Crippen molar-refractivity contribution in [3.8, 4) is 5.75 Å². The molecule has 35 heavy (non-hydrogen) atoms. The van der Waals surface area contributed by atoms with E-state index in [-0.39, 0.29) is 16.7 Å². The normalized spacial score (nSPS) is 17.9. The Bertz CT molecular complexity index is 1110. The smallest absolute Gasteiger partial charge is 0.295 e. The van der Waals surface area contributed by atoms with E-state index >= 15 is 0 Å². The zero-order valence-corrected chi connectivity index (χ0v) is 23.0. The van der Waals surface area contributed by atoms with Gasteiger partial charge in [-0.15, -0.1) is 0 Å². The molecule has 3 rings (SSSR count). The summed E-state index contributed by atoms with van der Waals surface area (Å²) in [7, 11) is 1.56. The number of carbonyl (C=O) groups excluding carboxylic acids is 2. The molecule has 1 N–H and O–H groups in total. The first-order chi connectivity index (χ1) is 16.5. The van der Waals surface area contributed by atoms with E-state index in [9.17, 15) is 14.7 Å². The standard InChI is InChI=1S/C28H35BrN2O4/c1-7-30(8-2)15-16-31-24(18-9-12-20(13-10-18)28(3,4)5)23(26(33)27(31)34)25(32)19-11-14-22(35-6)21(29)17-19/h9-14,17,24,32H,7-8,15-16H2,1-6H3/b25-23-. The van der Waals surface area contributed by atoms with Crippen molar-refractivity contribution in [1.82, 2.24) is 9.80 Å². The van der Waals surface area contributed by atoms with Crippen LogP contribution in [0.2, 0.25) is 0 Å². The van der Waals surface area contributed by atoms with Crippen molar-refractivity contribution in [3.63, 3.8) is 0 Å². The molecule has 0 saturated carbocycles. The van der Waals surface area contributed by atoms with Crippen LogP contribution < -0.4 is 4.74 Å². The van der Waals surface area contributed by atoms with Gasteiger partial charge in [-0.2, -0.15) is 0 Å². The number of aliphatic hydroxyl groups is 1. The number of carbonyl (C=O) groups is 2.